The lowest BCUT2D eigenvalue weighted by Crippen LogP contribution is -2.07. The fourth-order valence-electron chi connectivity index (χ4n) is 2.47. The smallest absolute Gasteiger partial charge is 0.312 e. The van der Waals surface area contributed by atoms with Crippen LogP contribution in [0.5, 0.6) is 0 Å². The van der Waals surface area contributed by atoms with Crippen molar-refractivity contribution in [2.24, 2.45) is 10.2 Å². The van der Waals surface area contributed by atoms with E-state index < -0.39 is 0 Å². The highest BCUT2D eigenvalue weighted by Crippen LogP contribution is 2.25. The molecule has 7 nitrogen and oxygen atoms in total. The van der Waals surface area contributed by atoms with Crippen molar-refractivity contribution >= 4 is 28.9 Å². The molecule has 0 saturated heterocycles. The number of carbonyl (C=O) groups is 2. The Hall–Kier alpha value is -3.35. The third-order valence-electron chi connectivity index (χ3n) is 3.73. The second-order valence-corrected chi connectivity index (χ2v) is 5.60. The number of ether oxygens (including phenoxy) is 1. The molecule has 0 fully saturated rings. The van der Waals surface area contributed by atoms with Crippen LogP contribution in [-0.2, 0) is 16.0 Å². The Morgan fingerprint density at radius 2 is 1.88 bits per heavy atom. The molecule has 0 N–H and O–H groups in total. The van der Waals surface area contributed by atoms with E-state index in [1.807, 2.05) is 24.4 Å². The van der Waals surface area contributed by atoms with Gasteiger partial charge in [0.25, 0.3) is 0 Å². The molecule has 2 heterocycles. The number of aromatic nitrogens is 2. The Bertz CT molecular complexity index is 974. The number of rotatable bonds is 6. The van der Waals surface area contributed by atoms with Crippen LogP contribution in [0.4, 0.5) is 11.5 Å². The molecule has 7 heteroatoms. The van der Waals surface area contributed by atoms with E-state index in [4.69, 9.17) is 4.74 Å². The molecule has 0 radical (unpaired) electrons. The summed E-state index contributed by atoms with van der Waals surface area (Å²) in [5.41, 5.74) is 2.39. The number of imidazole rings is 1. The summed E-state index contributed by atoms with van der Waals surface area (Å²) >= 11 is 0. The number of hydrogen-bond donors (Lipinski definition) is 0. The average molecular weight is 350 g/mol. The highest BCUT2D eigenvalue weighted by Gasteiger charge is 2.16. The molecule has 26 heavy (non-hydrogen) atoms. The molecule has 0 atom stereocenters. The molecule has 0 aliphatic carbocycles. The van der Waals surface area contributed by atoms with Crippen molar-refractivity contribution in [1.29, 1.82) is 0 Å². The molecule has 3 aromatic rings. The maximum absolute atomic E-state index is 11.8. The largest absolute Gasteiger partial charge is 0.466 e. The molecular formula is C19H18N4O3. The van der Waals surface area contributed by atoms with Gasteiger partial charge in [0.15, 0.2) is 11.6 Å². The van der Waals surface area contributed by atoms with Gasteiger partial charge in [0, 0.05) is 11.8 Å². The minimum Gasteiger partial charge on any atom is -0.466 e. The summed E-state index contributed by atoms with van der Waals surface area (Å²) in [5.74, 6) is 0.106. The van der Waals surface area contributed by atoms with Crippen molar-refractivity contribution in [3.63, 3.8) is 0 Å². The molecular weight excluding hydrogens is 332 g/mol. The van der Waals surface area contributed by atoms with E-state index in [1.54, 1.807) is 35.6 Å². The number of benzene rings is 1. The van der Waals surface area contributed by atoms with Gasteiger partial charge in [0.05, 0.1) is 24.4 Å². The minimum absolute atomic E-state index is 0.00741. The molecule has 0 bridgehead atoms. The fourth-order valence-corrected chi connectivity index (χ4v) is 2.47. The summed E-state index contributed by atoms with van der Waals surface area (Å²) in [6, 6.07) is 12.4. The lowest BCUT2D eigenvalue weighted by molar-refractivity contribution is -0.142. The molecule has 0 spiro atoms. The van der Waals surface area contributed by atoms with E-state index >= 15 is 0 Å². The lowest BCUT2D eigenvalue weighted by Gasteiger charge is -2.00. The second-order valence-electron chi connectivity index (χ2n) is 5.60. The number of carbonyl (C=O) groups excluding carboxylic acids is 2. The number of Topliss-reactive ketones (excluding diaryl/α,β-unsaturated/α-hetero) is 1. The normalized spacial score (nSPS) is 11.2. The summed E-state index contributed by atoms with van der Waals surface area (Å²) in [6.07, 6.45) is 1.83. The quantitative estimate of drug-likeness (QED) is 0.381. The summed E-state index contributed by atoms with van der Waals surface area (Å²) in [4.78, 5) is 27.6. The first-order chi connectivity index (χ1) is 12.6. The van der Waals surface area contributed by atoms with Gasteiger partial charge in [0.1, 0.15) is 5.65 Å². The number of fused-ring (bicyclic) bond motifs is 1. The molecule has 0 aliphatic rings. The average Bonchev–Trinajstić information content (AvgIpc) is 2.97. The van der Waals surface area contributed by atoms with Crippen LogP contribution in [0.25, 0.3) is 5.65 Å². The van der Waals surface area contributed by atoms with Crippen LogP contribution in [0.2, 0.25) is 0 Å². The Labute approximate surface area is 150 Å². The van der Waals surface area contributed by atoms with Crippen LogP contribution in [-0.4, -0.2) is 27.7 Å². The zero-order valence-corrected chi connectivity index (χ0v) is 14.5. The first-order valence-corrected chi connectivity index (χ1v) is 8.23. The standard InChI is InChI=1S/C19H18N4O3/c1-3-26-18(25)12-16-19(23-11-5-4-6-17(23)20-16)22-21-15-9-7-14(8-10-15)13(2)24/h4-11H,3,12H2,1-2H3. The van der Waals surface area contributed by atoms with E-state index in [0.717, 1.165) is 0 Å². The third-order valence-corrected chi connectivity index (χ3v) is 3.73. The molecule has 1 aromatic carbocycles. The van der Waals surface area contributed by atoms with Gasteiger partial charge in [-0.2, -0.15) is 0 Å². The number of pyridine rings is 1. The van der Waals surface area contributed by atoms with Crippen molar-refractivity contribution < 1.29 is 14.3 Å². The zero-order valence-electron chi connectivity index (χ0n) is 14.5. The van der Waals surface area contributed by atoms with Gasteiger partial charge in [-0.15, -0.1) is 10.2 Å². The Morgan fingerprint density at radius 3 is 2.58 bits per heavy atom. The summed E-state index contributed by atoms with van der Waals surface area (Å²) in [7, 11) is 0. The van der Waals surface area contributed by atoms with E-state index in [2.05, 4.69) is 15.2 Å². The number of nitrogens with zero attached hydrogens (tertiary/aromatic N) is 4. The fraction of sp³-hybridized carbons (Fsp3) is 0.211. The molecule has 0 aliphatic heterocycles. The lowest BCUT2D eigenvalue weighted by atomic mass is 10.1. The van der Waals surface area contributed by atoms with Crippen LogP contribution in [0.15, 0.2) is 58.9 Å². The summed E-state index contributed by atoms with van der Waals surface area (Å²) < 4.78 is 6.77. The highest BCUT2D eigenvalue weighted by molar-refractivity contribution is 5.94. The predicted octanol–water partition coefficient (Wildman–Crippen LogP) is 4.06. The third kappa shape index (κ3) is 3.83. The molecule has 3 rings (SSSR count). The molecule has 2 aromatic heterocycles. The van der Waals surface area contributed by atoms with Gasteiger partial charge < -0.3 is 4.74 Å². The van der Waals surface area contributed by atoms with Crippen LogP contribution in [0, 0.1) is 0 Å². The van der Waals surface area contributed by atoms with E-state index in [0.29, 0.717) is 35.0 Å². The Kier molecular flexibility index (Phi) is 5.17. The monoisotopic (exact) mass is 350 g/mol. The van der Waals surface area contributed by atoms with Gasteiger partial charge in [-0.05, 0) is 50.2 Å². The first kappa shape index (κ1) is 17.5. The number of azo groups is 1. The van der Waals surface area contributed by atoms with Gasteiger partial charge in [-0.1, -0.05) is 6.07 Å². The number of hydrogen-bond acceptors (Lipinski definition) is 6. The topological polar surface area (TPSA) is 85.4 Å². The van der Waals surface area contributed by atoms with Crippen molar-refractivity contribution in [1.82, 2.24) is 9.38 Å². The summed E-state index contributed by atoms with van der Waals surface area (Å²) in [5, 5.41) is 8.50. The SMILES string of the molecule is CCOC(=O)Cc1nc2ccccn2c1N=Nc1ccc(C(C)=O)cc1. The minimum atomic E-state index is -0.363. The van der Waals surface area contributed by atoms with Crippen LogP contribution in [0.3, 0.4) is 0 Å². The maximum atomic E-state index is 11.8. The van der Waals surface area contributed by atoms with Crippen molar-refractivity contribution in [2.45, 2.75) is 20.3 Å². The van der Waals surface area contributed by atoms with Gasteiger partial charge in [-0.3, -0.25) is 14.0 Å². The zero-order chi connectivity index (χ0) is 18.5. The van der Waals surface area contributed by atoms with Gasteiger partial charge in [0.2, 0.25) is 0 Å². The van der Waals surface area contributed by atoms with Crippen molar-refractivity contribution in [3.8, 4) is 0 Å². The van der Waals surface area contributed by atoms with E-state index in [-0.39, 0.29) is 18.2 Å². The van der Waals surface area contributed by atoms with Crippen LogP contribution < -0.4 is 0 Å². The van der Waals surface area contributed by atoms with Crippen molar-refractivity contribution in [2.75, 3.05) is 6.61 Å². The maximum Gasteiger partial charge on any atom is 0.312 e. The van der Waals surface area contributed by atoms with Crippen LogP contribution in [0.1, 0.15) is 29.9 Å². The molecule has 0 amide bonds. The molecule has 0 saturated carbocycles. The van der Waals surface area contributed by atoms with E-state index in [9.17, 15) is 9.59 Å². The first-order valence-electron chi connectivity index (χ1n) is 8.23. The number of esters is 1. The predicted molar refractivity (Wildman–Crippen MR) is 96.2 cm³/mol. The van der Waals surface area contributed by atoms with Gasteiger partial charge >= 0.3 is 5.97 Å². The molecule has 132 valence electrons. The Balaban J connectivity index is 1.94. The number of ketones is 1. The second kappa shape index (κ2) is 7.69. The van der Waals surface area contributed by atoms with Crippen molar-refractivity contribution in [3.05, 3.63) is 59.9 Å². The Morgan fingerprint density at radius 1 is 1.12 bits per heavy atom. The summed E-state index contributed by atoms with van der Waals surface area (Å²) in [6.45, 7) is 3.58. The van der Waals surface area contributed by atoms with Crippen LogP contribution >= 0.6 is 0 Å². The molecule has 0 unspecified atom stereocenters. The van der Waals surface area contributed by atoms with Gasteiger partial charge in [-0.25, -0.2) is 4.98 Å². The van der Waals surface area contributed by atoms with E-state index in [1.165, 1.54) is 6.92 Å². The highest BCUT2D eigenvalue weighted by atomic mass is 16.5.